The van der Waals surface area contributed by atoms with Crippen molar-refractivity contribution in [3.8, 4) is 0 Å². The number of rotatable bonds is 6. The van der Waals surface area contributed by atoms with Gasteiger partial charge in [-0.05, 0) is 47.2 Å². The van der Waals surface area contributed by atoms with Gasteiger partial charge < -0.3 is 5.32 Å². The first-order chi connectivity index (χ1) is 12.4. The molecule has 3 aromatic rings. The lowest BCUT2D eigenvalue weighted by molar-refractivity contribution is -0.116. The molecule has 0 aliphatic carbocycles. The van der Waals surface area contributed by atoms with E-state index in [2.05, 4.69) is 38.1 Å². The van der Waals surface area contributed by atoms with Crippen molar-refractivity contribution < 1.29 is 9.18 Å². The summed E-state index contributed by atoms with van der Waals surface area (Å²) in [4.78, 5) is 12.2. The first kappa shape index (κ1) is 18.8. The third-order valence-electron chi connectivity index (χ3n) is 3.83. The summed E-state index contributed by atoms with van der Waals surface area (Å²) in [5, 5.41) is 11.6. The van der Waals surface area contributed by atoms with Gasteiger partial charge in [-0.25, -0.2) is 4.39 Å². The number of benzene rings is 1. The zero-order chi connectivity index (χ0) is 18.7. The number of halogens is 3. The van der Waals surface area contributed by atoms with Crippen LogP contribution in [-0.2, 0) is 17.9 Å². The van der Waals surface area contributed by atoms with Crippen molar-refractivity contribution in [1.82, 2.24) is 19.6 Å². The standard InChI is InChI=1S/C17H16ClFIN5O/c1-11-15(20)8-21-25(11)7-6-16(26)22-17-14(18)10-24(23-17)9-12-2-4-13(19)5-3-12/h2-5,8,10H,6-7,9H2,1H3,(H,22,23,26). The number of aryl methyl sites for hydroxylation is 1. The van der Waals surface area contributed by atoms with E-state index in [1.54, 1.807) is 33.9 Å². The van der Waals surface area contributed by atoms with Crippen molar-refractivity contribution in [2.75, 3.05) is 5.32 Å². The highest BCUT2D eigenvalue weighted by Crippen LogP contribution is 2.20. The fourth-order valence-electron chi connectivity index (χ4n) is 2.39. The van der Waals surface area contributed by atoms with Gasteiger partial charge in [0.1, 0.15) is 10.8 Å². The summed E-state index contributed by atoms with van der Waals surface area (Å²) >= 11 is 8.35. The highest BCUT2D eigenvalue weighted by atomic mass is 127. The summed E-state index contributed by atoms with van der Waals surface area (Å²) in [6.07, 6.45) is 3.65. The molecular formula is C17H16ClFIN5O. The van der Waals surface area contributed by atoms with Gasteiger partial charge >= 0.3 is 0 Å². The summed E-state index contributed by atoms with van der Waals surface area (Å²) < 4.78 is 17.4. The van der Waals surface area contributed by atoms with Crippen LogP contribution in [-0.4, -0.2) is 25.5 Å². The maximum atomic E-state index is 13.0. The normalized spacial score (nSPS) is 10.9. The minimum atomic E-state index is -0.290. The van der Waals surface area contributed by atoms with Crippen LogP contribution in [0.5, 0.6) is 0 Å². The van der Waals surface area contributed by atoms with Crippen LogP contribution in [0.1, 0.15) is 17.7 Å². The van der Waals surface area contributed by atoms with E-state index in [1.165, 1.54) is 12.1 Å². The molecule has 0 bridgehead atoms. The second kappa shape index (κ2) is 8.17. The Hall–Kier alpha value is -1.94. The monoisotopic (exact) mass is 487 g/mol. The number of hydrogen-bond acceptors (Lipinski definition) is 3. The Balaban J connectivity index is 1.59. The lowest BCUT2D eigenvalue weighted by Gasteiger charge is -2.05. The molecule has 0 spiro atoms. The third kappa shape index (κ3) is 4.61. The average molecular weight is 488 g/mol. The molecule has 0 aliphatic heterocycles. The SMILES string of the molecule is Cc1c(I)cnn1CCC(=O)Nc1nn(Cc2ccc(F)cc2)cc1Cl. The van der Waals surface area contributed by atoms with E-state index in [0.717, 1.165) is 14.8 Å². The Morgan fingerprint density at radius 2 is 2.08 bits per heavy atom. The van der Waals surface area contributed by atoms with Crippen molar-refractivity contribution in [3.63, 3.8) is 0 Å². The smallest absolute Gasteiger partial charge is 0.227 e. The van der Waals surface area contributed by atoms with Crippen LogP contribution in [0, 0.1) is 16.3 Å². The van der Waals surface area contributed by atoms with Gasteiger partial charge in [-0.2, -0.15) is 10.2 Å². The van der Waals surface area contributed by atoms with E-state index in [9.17, 15) is 9.18 Å². The highest BCUT2D eigenvalue weighted by molar-refractivity contribution is 14.1. The van der Waals surface area contributed by atoms with E-state index in [4.69, 9.17) is 11.6 Å². The fraction of sp³-hybridized carbons (Fsp3) is 0.235. The van der Waals surface area contributed by atoms with Crippen LogP contribution in [0.2, 0.25) is 5.02 Å². The molecule has 1 N–H and O–H groups in total. The third-order valence-corrected chi connectivity index (χ3v) is 5.16. The van der Waals surface area contributed by atoms with E-state index in [-0.39, 0.29) is 18.1 Å². The number of aromatic nitrogens is 4. The predicted molar refractivity (Wildman–Crippen MR) is 106 cm³/mol. The Labute approximate surface area is 168 Å². The first-order valence-electron chi connectivity index (χ1n) is 7.87. The van der Waals surface area contributed by atoms with E-state index < -0.39 is 0 Å². The second-order valence-corrected chi connectivity index (χ2v) is 7.32. The molecule has 1 amide bonds. The largest absolute Gasteiger partial charge is 0.308 e. The van der Waals surface area contributed by atoms with Gasteiger partial charge in [-0.1, -0.05) is 23.7 Å². The molecule has 0 radical (unpaired) electrons. The number of anilines is 1. The quantitative estimate of drug-likeness (QED) is 0.537. The van der Waals surface area contributed by atoms with Crippen LogP contribution in [0.4, 0.5) is 10.2 Å². The van der Waals surface area contributed by atoms with Gasteiger partial charge in [0, 0.05) is 18.3 Å². The summed E-state index contributed by atoms with van der Waals surface area (Å²) in [6.45, 7) is 2.87. The number of hydrogen-bond donors (Lipinski definition) is 1. The molecule has 26 heavy (non-hydrogen) atoms. The molecule has 0 aliphatic rings. The van der Waals surface area contributed by atoms with E-state index >= 15 is 0 Å². The summed E-state index contributed by atoms with van der Waals surface area (Å²) in [6, 6.07) is 6.14. The molecule has 2 aromatic heterocycles. The van der Waals surface area contributed by atoms with Gasteiger partial charge in [0.05, 0.1) is 22.9 Å². The van der Waals surface area contributed by atoms with Gasteiger partial charge in [0.2, 0.25) is 5.91 Å². The van der Waals surface area contributed by atoms with Crippen molar-refractivity contribution in [1.29, 1.82) is 0 Å². The lowest BCUT2D eigenvalue weighted by atomic mass is 10.2. The number of nitrogens with zero attached hydrogens (tertiary/aromatic N) is 4. The summed E-state index contributed by atoms with van der Waals surface area (Å²) in [5.41, 5.74) is 1.91. The molecule has 0 unspecified atom stereocenters. The van der Waals surface area contributed by atoms with Crippen LogP contribution in [0.25, 0.3) is 0 Å². The fourth-order valence-corrected chi connectivity index (χ4v) is 2.99. The van der Waals surface area contributed by atoms with Crippen LogP contribution in [0.3, 0.4) is 0 Å². The molecular weight excluding hydrogens is 472 g/mol. The highest BCUT2D eigenvalue weighted by Gasteiger charge is 2.12. The minimum absolute atomic E-state index is 0.191. The molecule has 2 heterocycles. The maximum absolute atomic E-state index is 13.0. The predicted octanol–water partition coefficient (Wildman–Crippen LogP) is 3.86. The Kier molecular flexibility index (Phi) is 5.92. The minimum Gasteiger partial charge on any atom is -0.308 e. The van der Waals surface area contributed by atoms with E-state index in [1.807, 2.05) is 6.92 Å². The molecule has 136 valence electrons. The van der Waals surface area contributed by atoms with Gasteiger partial charge in [0.25, 0.3) is 0 Å². The lowest BCUT2D eigenvalue weighted by Crippen LogP contribution is -2.16. The summed E-state index contributed by atoms with van der Waals surface area (Å²) in [5.74, 6) is -0.170. The van der Waals surface area contributed by atoms with Crippen molar-refractivity contribution in [2.45, 2.75) is 26.4 Å². The molecule has 0 saturated heterocycles. The van der Waals surface area contributed by atoms with Gasteiger partial charge in [-0.15, -0.1) is 0 Å². The molecule has 9 heteroatoms. The molecule has 0 fully saturated rings. The number of nitrogens with one attached hydrogen (secondary N) is 1. The van der Waals surface area contributed by atoms with Crippen molar-refractivity contribution in [3.05, 3.63) is 62.3 Å². The topological polar surface area (TPSA) is 64.7 Å². The van der Waals surface area contributed by atoms with Crippen LogP contribution < -0.4 is 5.32 Å². The molecule has 3 rings (SSSR count). The average Bonchev–Trinajstić information content (AvgIpc) is 3.11. The van der Waals surface area contributed by atoms with Crippen molar-refractivity contribution >= 4 is 45.9 Å². The van der Waals surface area contributed by atoms with Crippen LogP contribution >= 0.6 is 34.2 Å². The van der Waals surface area contributed by atoms with E-state index in [0.29, 0.717) is 23.9 Å². The molecule has 0 atom stereocenters. The summed E-state index contributed by atoms with van der Waals surface area (Å²) in [7, 11) is 0. The molecule has 0 saturated carbocycles. The number of carbonyl (C=O) groups is 1. The van der Waals surface area contributed by atoms with Crippen molar-refractivity contribution in [2.24, 2.45) is 0 Å². The second-order valence-electron chi connectivity index (χ2n) is 5.75. The number of amides is 1. The number of carbonyl (C=O) groups excluding carboxylic acids is 1. The molecule has 1 aromatic carbocycles. The maximum Gasteiger partial charge on any atom is 0.227 e. The molecule has 6 nitrogen and oxygen atoms in total. The van der Waals surface area contributed by atoms with Crippen LogP contribution in [0.15, 0.2) is 36.7 Å². The zero-order valence-corrected chi connectivity index (χ0v) is 16.8. The zero-order valence-electron chi connectivity index (χ0n) is 13.9. The van der Waals surface area contributed by atoms with Gasteiger partial charge in [0.15, 0.2) is 5.82 Å². The first-order valence-corrected chi connectivity index (χ1v) is 9.33. The van der Waals surface area contributed by atoms with Gasteiger partial charge in [-0.3, -0.25) is 14.2 Å². The Morgan fingerprint density at radius 3 is 2.73 bits per heavy atom. The Morgan fingerprint density at radius 1 is 1.35 bits per heavy atom. The Bertz CT molecular complexity index is 922.